The van der Waals surface area contributed by atoms with Crippen molar-refractivity contribution >= 4 is 37.8 Å². The van der Waals surface area contributed by atoms with E-state index in [0.29, 0.717) is 5.69 Å². The zero-order chi connectivity index (χ0) is 12.6. The Balaban J connectivity index is 2.57. The molecule has 0 spiro atoms. The average Bonchev–Trinajstić information content (AvgIpc) is 2.60. The van der Waals surface area contributed by atoms with Crippen molar-refractivity contribution in [1.29, 1.82) is 0 Å². The maximum Gasteiger partial charge on any atom is 0.358 e. The van der Waals surface area contributed by atoms with E-state index < -0.39 is 5.97 Å². The van der Waals surface area contributed by atoms with Gasteiger partial charge in [0.05, 0.1) is 11.4 Å². The summed E-state index contributed by atoms with van der Waals surface area (Å²) in [6.07, 6.45) is 0. The molecule has 2 aromatic rings. The molecule has 17 heavy (non-hydrogen) atoms. The Hall–Kier alpha value is -1.21. The van der Waals surface area contributed by atoms with Crippen molar-refractivity contribution in [2.75, 3.05) is 0 Å². The van der Waals surface area contributed by atoms with Crippen molar-refractivity contribution < 1.29 is 9.90 Å². The number of carboxylic acids is 1. The number of hydrogen-bond donors (Lipinski definition) is 1. The number of benzene rings is 1. The summed E-state index contributed by atoms with van der Waals surface area (Å²) in [5.74, 6) is -1.08. The standard InChI is InChI=1S/C10H7Br2N3O2/c1-5-9(10(16)17)13-14-15(5)8-3-2-6(11)4-7(8)12/h2-4H,1H3,(H,16,17). The van der Waals surface area contributed by atoms with E-state index in [1.807, 2.05) is 18.2 Å². The third-order valence-electron chi connectivity index (χ3n) is 2.24. The molecule has 7 heteroatoms. The van der Waals surface area contributed by atoms with Gasteiger partial charge in [-0.2, -0.15) is 0 Å². The van der Waals surface area contributed by atoms with Gasteiger partial charge in [0.25, 0.3) is 0 Å². The maximum atomic E-state index is 10.9. The normalized spacial score (nSPS) is 10.5. The summed E-state index contributed by atoms with van der Waals surface area (Å²) >= 11 is 6.74. The summed E-state index contributed by atoms with van der Waals surface area (Å²) in [4.78, 5) is 10.9. The van der Waals surface area contributed by atoms with E-state index >= 15 is 0 Å². The number of hydrogen-bond acceptors (Lipinski definition) is 3. The highest BCUT2D eigenvalue weighted by molar-refractivity contribution is 9.11. The second-order valence-corrected chi connectivity index (χ2v) is 5.11. The Kier molecular flexibility index (Phi) is 3.30. The van der Waals surface area contributed by atoms with E-state index in [0.717, 1.165) is 14.6 Å². The van der Waals surface area contributed by atoms with Crippen molar-refractivity contribution in [2.24, 2.45) is 0 Å². The molecule has 0 aliphatic carbocycles. The number of nitrogens with zero attached hydrogens (tertiary/aromatic N) is 3. The lowest BCUT2D eigenvalue weighted by Crippen LogP contribution is -2.03. The molecule has 0 saturated carbocycles. The van der Waals surface area contributed by atoms with E-state index in [-0.39, 0.29) is 5.69 Å². The molecule has 2 rings (SSSR count). The van der Waals surface area contributed by atoms with Crippen LogP contribution in [-0.2, 0) is 0 Å². The first kappa shape index (κ1) is 12.3. The lowest BCUT2D eigenvalue weighted by atomic mass is 10.3. The van der Waals surface area contributed by atoms with Gasteiger partial charge in [0, 0.05) is 8.95 Å². The fourth-order valence-electron chi connectivity index (χ4n) is 1.41. The summed E-state index contributed by atoms with van der Waals surface area (Å²) in [6, 6.07) is 5.53. The summed E-state index contributed by atoms with van der Waals surface area (Å²) in [5.41, 5.74) is 1.19. The highest BCUT2D eigenvalue weighted by atomic mass is 79.9. The van der Waals surface area contributed by atoms with Crippen LogP contribution in [0.4, 0.5) is 0 Å². The lowest BCUT2D eigenvalue weighted by Gasteiger charge is -2.06. The molecule has 1 aromatic heterocycles. The fraction of sp³-hybridized carbons (Fsp3) is 0.100. The van der Waals surface area contributed by atoms with Gasteiger partial charge in [0.15, 0.2) is 5.69 Å². The SMILES string of the molecule is Cc1c(C(=O)O)nnn1-c1ccc(Br)cc1Br. The molecule has 1 heterocycles. The van der Waals surface area contributed by atoms with Gasteiger partial charge >= 0.3 is 5.97 Å². The van der Waals surface area contributed by atoms with Gasteiger partial charge in [0.1, 0.15) is 0 Å². The molecule has 1 aromatic carbocycles. The second-order valence-electron chi connectivity index (χ2n) is 3.34. The molecule has 0 atom stereocenters. The van der Waals surface area contributed by atoms with Gasteiger partial charge in [-0.05, 0) is 41.1 Å². The van der Waals surface area contributed by atoms with Crippen molar-refractivity contribution in [3.8, 4) is 5.69 Å². The van der Waals surface area contributed by atoms with E-state index in [4.69, 9.17) is 5.11 Å². The topological polar surface area (TPSA) is 68.0 Å². The predicted molar refractivity (Wildman–Crippen MR) is 68.5 cm³/mol. The van der Waals surface area contributed by atoms with Gasteiger partial charge in [-0.25, -0.2) is 9.48 Å². The molecule has 1 N–H and O–H groups in total. The summed E-state index contributed by atoms with van der Waals surface area (Å²) < 4.78 is 3.21. The van der Waals surface area contributed by atoms with Crippen molar-refractivity contribution in [2.45, 2.75) is 6.92 Å². The number of rotatable bonds is 2. The summed E-state index contributed by atoms with van der Waals surface area (Å²) in [5, 5.41) is 16.4. The molecule has 0 aliphatic rings. The molecule has 0 saturated heterocycles. The zero-order valence-corrected chi connectivity index (χ0v) is 11.9. The monoisotopic (exact) mass is 359 g/mol. The molecular formula is C10H7Br2N3O2. The van der Waals surface area contributed by atoms with Crippen LogP contribution in [0.2, 0.25) is 0 Å². The molecule has 0 unspecified atom stereocenters. The van der Waals surface area contributed by atoms with E-state index in [1.165, 1.54) is 4.68 Å². The Morgan fingerprint density at radius 3 is 2.65 bits per heavy atom. The van der Waals surface area contributed by atoms with E-state index in [1.54, 1.807) is 6.92 Å². The molecule has 0 fully saturated rings. The summed E-state index contributed by atoms with van der Waals surface area (Å²) in [6.45, 7) is 1.66. The Labute approximate surface area is 114 Å². The summed E-state index contributed by atoms with van der Waals surface area (Å²) in [7, 11) is 0. The predicted octanol–water partition coefficient (Wildman–Crippen LogP) is 2.80. The van der Waals surface area contributed by atoms with Gasteiger partial charge in [-0.1, -0.05) is 21.1 Å². The minimum Gasteiger partial charge on any atom is -0.476 e. The highest BCUT2D eigenvalue weighted by Crippen LogP contribution is 2.25. The van der Waals surface area contributed by atoms with Gasteiger partial charge in [-0.3, -0.25) is 0 Å². The minimum atomic E-state index is -1.08. The largest absolute Gasteiger partial charge is 0.476 e. The van der Waals surface area contributed by atoms with Crippen LogP contribution in [0.25, 0.3) is 5.69 Å². The van der Waals surface area contributed by atoms with Crippen LogP contribution in [0.3, 0.4) is 0 Å². The van der Waals surface area contributed by atoms with Crippen LogP contribution in [0.5, 0.6) is 0 Å². The van der Waals surface area contributed by atoms with Crippen molar-refractivity contribution in [3.63, 3.8) is 0 Å². The molecule has 5 nitrogen and oxygen atoms in total. The Morgan fingerprint density at radius 1 is 1.41 bits per heavy atom. The van der Waals surface area contributed by atoms with Crippen molar-refractivity contribution in [1.82, 2.24) is 15.0 Å². The smallest absolute Gasteiger partial charge is 0.358 e. The molecule has 0 bridgehead atoms. The quantitative estimate of drug-likeness (QED) is 0.894. The first-order chi connectivity index (χ1) is 8.00. The number of carbonyl (C=O) groups is 1. The van der Waals surface area contributed by atoms with Crippen LogP contribution in [-0.4, -0.2) is 26.1 Å². The van der Waals surface area contributed by atoms with Crippen LogP contribution < -0.4 is 0 Å². The Morgan fingerprint density at radius 2 is 2.12 bits per heavy atom. The third kappa shape index (κ3) is 2.25. The average molecular weight is 361 g/mol. The Bertz CT molecular complexity index is 595. The maximum absolute atomic E-state index is 10.9. The fourth-order valence-corrected chi connectivity index (χ4v) is 2.62. The molecule has 0 aliphatic heterocycles. The molecule has 0 radical (unpaired) electrons. The van der Waals surface area contributed by atoms with E-state index in [9.17, 15) is 4.79 Å². The second kappa shape index (κ2) is 4.58. The lowest BCUT2D eigenvalue weighted by molar-refractivity contribution is 0.0689. The van der Waals surface area contributed by atoms with Crippen LogP contribution in [0.15, 0.2) is 27.1 Å². The number of carboxylic acid groups (broad SMARTS) is 1. The van der Waals surface area contributed by atoms with Crippen LogP contribution in [0.1, 0.15) is 16.2 Å². The first-order valence-electron chi connectivity index (χ1n) is 4.61. The number of aromatic carboxylic acids is 1. The number of aromatic nitrogens is 3. The van der Waals surface area contributed by atoms with Gasteiger partial charge in [0.2, 0.25) is 0 Å². The van der Waals surface area contributed by atoms with Crippen molar-refractivity contribution in [3.05, 3.63) is 38.5 Å². The first-order valence-corrected chi connectivity index (χ1v) is 6.20. The van der Waals surface area contributed by atoms with Crippen LogP contribution >= 0.6 is 31.9 Å². The third-order valence-corrected chi connectivity index (χ3v) is 3.36. The van der Waals surface area contributed by atoms with E-state index in [2.05, 4.69) is 42.2 Å². The zero-order valence-electron chi connectivity index (χ0n) is 8.69. The minimum absolute atomic E-state index is 0.0418. The van der Waals surface area contributed by atoms with Gasteiger partial charge < -0.3 is 5.11 Å². The highest BCUT2D eigenvalue weighted by Gasteiger charge is 2.17. The van der Waals surface area contributed by atoms with Crippen LogP contribution in [0, 0.1) is 6.92 Å². The molecule has 0 amide bonds. The molecule has 88 valence electrons. The molecular weight excluding hydrogens is 354 g/mol. The van der Waals surface area contributed by atoms with Gasteiger partial charge in [-0.15, -0.1) is 5.10 Å². The number of halogens is 2.